The van der Waals surface area contributed by atoms with Crippen molar-refractivity contribution in [3.8, 4) is 5.00 Å². The first-order valence-corrected chi connectivity index (χ1v) is 14.8. The molecule has 12 heteroatoms. The van der Waals surface area contributed by atoms with Gasteiger partial charge in [-0.2, -0.15) is 10.2 Å². The van der Waals surface area contributed by atoms with Gasteiger partial charge >= 0.3 is 5.69 Å². The summed E-state index contributed by atoms with van der Waals surface area (Å²) in [4.78, 5) is 43.7. The fraction of sp³-hybridized carbons (Fsp3) is 0.500. The third-order valence-electron chi connectivity index (χ3n) is 7.41. The minimum Gasteiger partial charge on any atom is -0.382 e. The molecule has 0 unspecified atom stereocenters. The Hall–Kier alpha value is -3.48. The highest BCUT2D eigenvalue weighted by Gasteiger charge is 2.36. The second-order valence-electron chi connectivity index (χ2n) is 11.2. The Labute approximate surface area is 247 Å². The molecule has 0 N–H and O–H groups in total. The van der Waals surface area contributed by atoms with Crippen LogP contribution >= 0.6 is 11.3 Å². The van der Waals surface area contributed by atoms with Crippen LogP contribution in [0.1, 0.15) is 63.8 Å². The van der Waals surface area contributed by atoms with Crippen molar-refractivity contribution in [2.24, 2.45) is 5.92 Å². The molecule has 0 saturated carbocycles. The predicted octanol–water partition coefficient (Wildman–Crippen LogP) is 4.57. The highest BCUT2D eigenvalue weighted by atomic mass is 32.1. The number of fused-ring (bicyclic) bond motifs is 1. The number of carbonyl (C=O) groups excluding carboxylic acids is 1. The van der Waals surface area contributed by atoms with Gasteiger partial charge in [0.15, 0.2) is 5.78 Å². The first kappa shape index (κ1) is 31.5. The summed E-state index contributed by atoms with van der Waals surface area (Å²) in [5.41, 5.74) is -0.575. The van der Waals surface area contributed by atoms with Gasteiger partial charge in [-0.05, 0) is 56.4 Å². The number of carbonyl (C=O) groups is 1. The molecule has 0 aliphatic carbocycles. The molecule has 4 rings (SSSR count). The Morgan fingerprint density at radius 2 is 1.83 bits per heavy atom. The van der Waals surface area contributed by atoms with Crippen molar-refractivity contribution in [3.05, 3.63) is 73.9 Å². The minimum absolute atomic E-state index is 0.0316. The van der Waals surface area contributed by atoms with E-state index in [2.05, 4.69) is 10.2 Å². The Bertz CT molecular complexity index is 1690. The number of aryl methyl sites for hydroxylation is 2. The summed E-state index contributed by atoms with van der Waals surface area (Å²) in [5, 5.41) is 9.33. The van der Waals surface area contributed by atoms with Gasteiger partial charge in [0, 0.05) is 19.1 Å². The summed E-state index contributed by atoms with van der Waals surface area (Å²) in [7, 11) is 1.55. The molecule has 10 nitrogen and oxygen atoms in total. The first-order chi connectivity index (χ1) is 19.9. The van der Waals surface area contributed by atoms with E-state index in [0.29, 0.717) is 39.4 Å². The van der Waals surface area contributed by atoms with Crippen LogP contribution in [0.4, 0.5) is 4.39 Å². The van der Waals surface area contributed by atoms with E-state index in [-0.39, 0.29) is 31.3 Å². The summed E-state index contributed by atoms with van der Waals surface area (Å²) in [6.45, 7) is 11.2. The first-order valence-electron chi connectivity index (χ1n) is 14.0. The topological polar surface area (TPSA) is 110 Å². The highest BCUT2D eigenvalue weighted by molar-refractivity contribution is 7.21. The lowest BCUT2D eigenvalue weighted by Gasteiger charge is -2.28. The Balaban J connectivity index is 2.02. The molecule has 0 saturated heterocycles. The number of aromatic nitrogens is 5. The van der Waals surface area contributed by atoms with Gasteiger partial charge in [0.1, 0.15) is 27.3 Å². The number of nitrogens with zero attached hydrogens (tertiary/aromatic N) is 5. The molecular formula is C30H38FN5O5S. The fourth-order valence-corrected chi connectivity index (χ4v) is 6.33. The molecule has 1 atom stereocenters. The molecule has 0 aliphatic heterocycles. The SMILES string of the molecule is CCc1ccc(F)cc1[C@H](Cn1c(=O)n(C(C)(C)C(=O)CC(C)C)c(=O)c2c(C)c(-n3nccn3)sc21)OCCOC. The third-order valence-corrected chi connectivity index (χ3v) is 8.69. The van der Waals surface area contributed by atoms with Gasteiger partial charge in [0.05, 0.1) is 37.5 Å². The zero-order chi connectivity index (χ0) is 30.8. The van der Waals surface area contributed by atoms with Crippen molar-refractivity contribution < 1.29 is 18.7 Å². The lowest BCUT2D eigenvalue weighted by atomic mass is 9.91. The van der Waals surface area contributed by atoms with E-state index < -0.39 is 28.7 Å². The smallest absolute Gasteiger partial charge is 0.333 e. The van der Waals surface area contributed by atoms with Gasteiger partial charge < -0.3 is 9.47 Å². The molecule has 0 bridgehead atoms. The van der Waals surface area contributed by atoms with Crippen LogP contribution < -0.4 is 11.2 Å². The van der Waals surface area contributed by atoms with Gasteiger partial charge in [-0.15, -0.1) is 4.80 Å². The quantitative estimate of drug-likeness (QED) is 0.207. The average molecular weight is 600 g/mol. The van der Waals surface area contributed by atoms with E-state index in [1.165, 1.54) is 45.2 Å². The van der Waals surface area contributed by atoms with Crippen LogP contribution in [0.25, 0.3) is 15.2 Å². The van der Waals surface area contributed by atoms with Crippen molar-refractivity contribution in [1.29, 1.82) is 0 Å². The molecule has 0 radical (unpaired) electrons. The van der Waals surface area contributed by atoms with Crippen molar-refractivity contribution in [2.75, 3.05) is 20.3 Å². The van der Waals surface area contributed by atoms with Crippen LogP contribution in [0.2, 0.25) is 0 Å². The van der Waals surface area contributed by atoms with E-state index in [1.807, 2.05) is 20.8 Å². The lowest BCUT2D eigenvalue weighted by molar-refractivity contribution is -0.127. The molecule has 42 heavy (non-hydrogen) atoms. The summed E-state index contributed by atoms with van der Waals surface area (Å²) in [6.07, 6.45) is 3.12. The van der Waals surface area contributed by atoms with Crippen LogP contribution in [0.5, 0.6) is 0 Å². The van der Waals surface area contributed by atoms with Crippen molar-refractivity contribution >= 4 is 27.3 Å². The molecule has 226 valence electrons. The van der Waals surface area contributed by atoms with Gasteiger partial charge in [-0.3, -0.25) is 14.2 Å². The van der Waals surface area contributed by atoms with Crippen molar-refractivity contribution in [1.82, 2.24) is 24.1 Å². The standard InChI is InChI=1S/C30H38FN5O5S/c1-8-20-9-10-21(31)16-22(20)23(41-14-13-40-7)17-34-28-25(19(4)27(42-28)36-32-11-12-33-36)26(38)35(29(34)39)30(5,6)24(37)15-18(2)3/h9-12,16,18,23H,8,13-15,17H2,1-7H3/t23-/m0/s1. The number of methoxy groups -OCH3 is 1. The van der Waals surface area contributed by atoms with Gasteiger partial charge in [-0.1, -0.05) is 38.2 Å². The predicted molar refractivity (Wildman–Crippen MR) is 160 cm³/mol. The molecule has 4 aromatic rings. The normalized spacial score (nSPS) is 12.9. The lowest BCUT2D eigenvalue weighted by Crippen LogP contribution is -2.53. The third kappa shape index (κ3) is 6.02. The monoisotopic (exact) mass is 599 g/mol. The number of benzene rings is 1. The summed E-state index contributed by atoms with van der Waals surface area (Å²) in [6, 6.07) is 4.53. The van der Waals surface area contributed by atoms with Gasteiger partial charge in [0.25, 0.3) is 5.56 Å². The van der Waals surface area contributed by atoms with Crippen LogP contribution in [0.15, 0.2) is 40.2 Å². The van der Waals surface area contributed by atoms with E-state index in [0.717, 1.165) is 10.1 Å². The maximum Gasteiger partial charge on any atom is 0.333 e. The largest absolute Gasteiger partial charge is 0.382 e. The molecule has 0 aliphatic rings. The number of halogens is 1. The molecule has 3 heterocycles. The summed E-state index contributed by atoms with van der Waals surface area (Å²) < 4.78 is 28.5. The van der Waals surface area contributed by atoms with E-state index in [9.17, 15) is 18.8 Å². The van der Waals surface area contributed by atoms with Crippen molar-refractivity contribution in [3.63, 3.8) is 0 Å². The molecular weight excluding hydrogens is 561 g/mol. The second kappa shape index (κ2) is 12.8. The number of hydrogen-bond donors (Lipinski definition) is 0. The number of rotatable bonds is 13. The minimum atomic E-state index is -1.42. The fourth-order valence-electron chi connectivity index (χ4n) is 5.11. The number of hydrogen-bond acceptors (Lipinski definition) is 8. The summed E-state index contributed by atoms with van der Waals surface area (Å²) >= 11 is 1.20. The van der Waals surface area contributed by atoms with E-state index >= 15 is 0 Å². The van der Waals surface area contributed by atoms with Crippen LogP contribution in [-0.4, -0.2) is 50.2 Å². The van der Waals surface area contributed by atoms with E-state index in [1.54, 1.807) is 33.9 Å². The van der Waals surface area contributed by atoms with Crippen LogP contribution in [-0.2, 0) is 32.8 Å². The Morgan fingerprint density at radius 3 is 2.45 bits per heavy atom. The average Bonchev–Trinajstić information content (AvgIpc) is 3.58. The maximum absolute atomic E-state index is 14.5. The van der Waals surface area contributed by atoms with Crippen molar-refractivity contribution in [2.45, 2.75) is 72.6 Å². The zero-order valence-corrected chi connectivity index (χ0v) is 26.0. The van der Waals surface area contributed by atoms with Crippen LogP contribution in [0.3, 0.4) is 0 Å². The molecule has 3 aromatic heterocycles. The van der Waals surface area contributed by atoms with E-state index in [4.69, 9.17) is 9.47 Å². The zero-order valence-electron chi connectivity index (χ0n) is 25.1. The Morgan fingerprint density at radius 1 is 1.14 bits per heavy atom. The van der Waals surface area contributed by atoms with Gasteiger partial charge in [0.2, 0.25) is 0 Å². The molecule has 0 amide bonds. The summed E-state index contributed by atoms with van der Waals surface area (Å²) in [5.74, 6) is -0.613. The Kier molecular flexibility index (Phi) is 9.59. The number of ether oxygens (including phenoxy) is 2. The highest BCUT2D eigenvalue weighted by Crippen LogP contribution is 2.33. The molecule has 1 aromatic carbocycles. The second-order valence-corrected chi connectivity index (χ2v) is 12.2. The molecule has 0 spiro atoms. The molecule has 0 fully saturated rings. The number of thiophene rings is 1. The van der Waals surface area contributed by atoms with Crippen LogP contribution in [0, 0.1) is 18.7 Å². The number of ketones is 1. The maximum atomic E-state index is 14.5. The van der Waals surface area contributed by atoms with Gasteiger partial charge in [-0.25, -0.2) is 13.8 Å². The number of Topliss-reactive ketones (excluding diaryl/α,β-unsaturated/α-hetero) is 1.